The highest BCUT2D eigenvalue weighted by atomic mass is 32.1. The summed E-state index contributed by atoms with van der Waals surface area (Å²) < 4.78 is 34.7. The fourth-order valence-electron chi connectivity index (χ4n) is 5.92. The summed E-state index contributed by atoms with van der Waals surface area (Å²) in [5.74, 6) is -0.214. The number of thiophene rings is 1. The summed E-state index contributed by atoms with van der Waals surface area (Å²) in [5, 5.41) is 13.0. The van der Waals surface area contributed by atoms with Gasteiger partial charge in [0.15, 0.2) is 0 Å². The lowest BCUT2D eigenvalue weighted by atomic mass is 9.94. The zero-order valence-corrected chi connectivity index (χ0v) is 24.0. The minimum atomic E-state index is -0.965. The predicted octanol–water partition coefficient (Wildman–Crippen LogP) is 3.46. The monoisotopic (exact) mass is 598 g/mol. The summed E-state index contributed by atoms with van der Waals surface area (Å²) in [5.41, 5.74) is -0.258. The van der Waals surface area contributed by atoms with Crippen molar-refractivity contribution >= 4 is 27.5 Å². The number of aromatic nitrogens is 3. The first-order valence-electron chi connectivity index (χ1n) is 13.9. The number of aliphatic hydroxyl groups excluding tert-OH is 1. The Hall–Kier alpha value is -3.81. The van der Waals surface area contributed by atoms with Gasteiger partial charge in [0.1, 0.15) is 34.8 Å². The number of halogens is 1. The molecule has 1 aromatic carbocycles. The Morgan fingerprint density at radius 2 is 2.00 bits per heavy atom. The molecule has 1 saturated heterocycles. The smallest absolute Gasteiger partial charge is 0.332 e. The molecule has 11 nitrogen and oxygen atoms in total. The van der Waals surface area contributed by atoms with Crippen LogP contribution in [0, 0.1) is 12.7 Å². The fourth-order valence-corrected chi connectivity index (χ4v) is 7.16. The van der Waals surface area contributed by atoms with Crippen LogP contribution in [0.1, 0.15) is 55.4 Å². The van der Waals surface area contributed by atoms with E-state index in [2.05, 4.69) is 10.3 Å². The zero-order chi connectivity index (χ0) is 29.5. The van der Waals surface area contributed by atoms with Gasteiger partial charge in [-0.25, -0.2) is 18.7 Å². The minimum Gasteiger partial charge on any atom is -0.496 e. The van der Waals surface area contributed by atoms with Crippen molar-refractivity contribution < 1.29 is 28.2 Å². The number of carbonyl (C=O) groups is 1. The largest absolute Gasteiger partial charge is 0.496 e. The summed E-state index contributed by atoms with van der Waals surface area (Å²) in [7, 11) is 1.47. The maximum atomic E-state index is 14.6. The summed E-state index contributed by atoms with van der Waals surface area (Å²) >= 11 is 1.18. The number of benzene rings is 1. The van der Waals surface area contributed by atoms with Gasteiger partial charge in [-0.05, 0) is 62.8 Å². The number of aliphatic hydroxyl groups is 1. The van der Waals surface area contributed by atoms with Crippen LogP contribution in [0.25, 0.3) is 21.0 Å². The predicted molar refractivity (Wildman–Crippen MR) is 152 cm³/mol. The normalized spacial score (nSPS) is 21.5. The van der Waals surface area contributed by atoms with Crippen LogP contribution in [0.4, 0.5) is 4.39 Å². The van der Waals surface area contributed by atoms with Gasteiger partial charge in [0.2, 0.25) is 11.8 Å². The Kier molecular flexibility index (Phi) is 7.73. The lowest BCUT2D eigenvalue weighted by molar-refractivity contribution is -0.122. The topological polar surface area (TPSA) is 138 Å². The van der Waals surface area contributed by atoms with Crippen LogP contribution < -0.4 is 21.3 Å². The lowest BCUT2D eigenvalue weighted by Gasteiger charge is -2.31. The third-order valence-electron chi connectivity index (χ3n) is 8.09. The number of ether oxygens (including phenoxy) is 2. The van der Waals surface area contributed by atoms with Gasteiger partial charge >= 0.3 is 5.69 Å². The summed E-state index contributed by atoms with van der Waals surface area (Å²) in [4.78, 5) is 46.0. The summed E-state index contributed by atoms with van der Waals surface area (Å²) in [6.45, 7) is 2.01. The van der Waals surface area contributed by atoms with E-state index < -0.39 is 41.2 Å². The van der Waals surface area contributed by atoms with Gasteiger partial charge in [-0.15, -0.1) is 11.3 Å². The van der Waals surface area contributed by atoms with Gasteiger partial charge in [-0.2, -0.15) is 0 Å². The SMILES string of the molecule is COc1ccc(F)cc1[C@H](Cn1c(=O)n([C@@H]2CCNC2=O)c(=O)c2c(C)c(-c3ncco3)sc21)O[C@H]1CC[C@@H](O)CC1. The van der Waals surface area contributed by atoms with Gasteiger partial charge in [-0.3, -0.25) is 14.2 Å². The van der Waals surface area contributed by atoms with Gasteiger partial charge in [0.25, 0.3) is 5.56 Å². The van der Waals surface area contributed by atoms with Crippen LogP contribution in [0.15, 0.2) is 44.7 Å². The van der Waals surface area contributed by atoms with Crippen molar-refractivity contribution in [1.82, 2.24) is 19.4 Å². The van der Waals surface area contributed by atoms with Gasteiger partial charge in [0.05, 0.1) is 42.3 Å². The number of oxazole rings is 1. The number of hydrogen-bond donors (Lipinski definition) is 2. The number of hydrogen-bond acceptors (Lipinski definition) is 9. The minimum absolute atomic E-state index is 0.0895. The highest BCUT2D eigenvalue weighted by Crippen LogP contribution is 2.38. The molecule has 4 aromatic rings. The molecule has 2 N–H and O–H groups in total. The number of fused-ring (bicyclic) bond motifs is 1. The summed E-state index contributed by atoms with van der Waals surface area (Å²) in [6, 6.07) is 3.14. The van der Waals surface area contributed by atoms with Crippen LogP contribution in [0.3, 0.4) is 0 Å². The molecule has 1 aliphatic heterocycles. The first kappa shape index (κ1) is 28.3. The molecule has 0 bridgehead atoms. The Labute approximate surface area is 243 Å². The van der Waals surface area contributed by atoms with Gasteiger partial charge in [0, 0.05) is 12.1 Å². The lowest BCUT2D eigenvalue weighted by Crippen LogP contribution is -2.44. The maximum absolute atomic E-state index is 14.6. The van der Waals surface area contributed by atoms with E-state index in [1.807, 2.05) is 0 Å². The van der Waals surface area contributed by atoms with Crippen molar-refractivity contribution in [3.05, 3.63) is 68.4 Å². The number of aryl methyl sites for hydroxylation is 1. The van der Waals surface area contributed by atoms with E-state index in [1.165, 1.54) is 53.7 Å². The van der Waals surface area contributed by atoms with E-state index in [0.29, 0.717) is 64.7 Å². The average molecular weight is 599 g/mol. The van der Waals surface area contributed by atoms with E-state index in [-0.39, 0.29) is 24.5 Å². The average Bonchev–Trinajstić information content (AvgIpc) is 3.73. The van der Waals surface area contributed by atoms with E-state index >= 15 is 0 Å². The first-order valence-corrected chi connectivity index (χ1v) is 14.7. The molecule has 2 fully saturated rings. The number of carbonyl (C=O) groups excluding carboxylic acids is 1. The molecule has 13 heteroatoms. The highest BCUT2D eigenvalue weighted by molar-refractivity contribution is 7.22. The fraction of sp³-hybridized carbons (Fsp3) is 0.448. The summed E-state index contributed by atoms with van der Waals surface area (Å²) in [6.07, 6.45) is 4.01. The number of nitrogens with zero attached hydrogens (tertiary/aromatic N) is 3. The third kappa shape index (κ3) is 5.05. The molecule has 1 amide bonds. The number of methoxy groups -OCH3 is 1. The molecule has 0 spiro atoms. The second-order valence-electron chi connectivity index (χ2n) is 10.7. The molecule has 1 aliphatic carbocycles. The van der Waals surface area contributed by atoms with Gasteiger partial charge in [-0.1, -0.05) is 0 Å². The highest BCUT2D eigenvalue weighted by Gasteiger charge is 2.34. The standard InChI is InChI=1S/C29H31FN4O7S/c1-15-23-27(37)34(20-9-10-31-25(20)36)29(38)33(28(23)42-24(15)26-32-11-12-40-26)14-22(41-18-6-4-17(35)5-7-18)19-13-16(30)3-8-21(19)39-2/h3,8,11-13,17-18,20,22,35H,4-7,9-10,14H2,1-2H3,(H,31,36)/t17-,18+,20-,22+/m1/s1. The molecule has 4 heterocycles. The van der Waals surface area contributed by atoms with E-state index in [1.54, 1.807) is 6.92 Å². The van der Waals surface area contributed by atoms with Crippen LogP contribution in [-0.4, -0.2) is 51.0 Å². The number of rotatable bonds is 8. The van der Waals surface area contributed by atoms with E-state index in [0.717, 1.165) is 4.57 Å². The molecular formula is C29H31FN4O7S. The molecule has 0 unspecified atom stereocenters. The van der Waals surface area contributed by atoms with Crippen molar-refractivity contribution in [1.29, 1.82) is 0 Å². The van der Waals surface area contributed by atoms with Crippen molar-refractivity contribution in [3.63, 3.8) is 0 Å². The Bertz CT molecular complexity index is 1740. The Morgan fingerprint density at radius 1 is 1.21 bits per heavy atom. The van der Waals surface area contributed by atoms with Crippen molar-refractivity contribution in [2.24, 2.45) is 0 Å². The van der Waals surface area contributed by atoms with Crippen molar-refractivity contribution in [2.75, 3.05) is 13.7 Å². The molecule has 42 heavy (non-hydrogen) atoms. The van der Waals surface area contributed by atoms with Crippen LogP contribution in [-0.2, 0) is 16.1 Å². The second kappa shape index (κ2) is 11.5. The molecule has 222 valence electrons. The van der Waals surface area contributed by atoms with E-state index in [9.17, 15) is 23.9 Å². The van der Waals surface area contributed by atoms with E-state index in [4.69, 9.17) is 13.9 Å². The first-order chi connectivity index (χ1) is 20.3. The molecular weight excluding hydrogens is 567 g/mol. The molecule has 3 aromatic heterocycles. The quantitative estimate of drug-likeness (QED) is 0.315. The van der Waals surface area contributed by atoms with Crippen LogP contribution in [0.2, 0.25) is 0 Å². The molecule has 2 atom stereocenters. The van der Waals surface area contributed by atoms with Crippen LogP contribution in [0.5, 0.6) is 5.75 Å². The Morgan fingerprint density at radius 3 is 2.67 bits per heavy atom. The van der Waals surface area contributed by atoms with Crippen molar-refractivity contribution in [3.8, 4) is 16.5 Å². The van der Waals surface area contributed by atoms with Gasteiger partial charge < -0.3 is 24.3 Å². The maximum Gasteiger partial charge on any atom is 0.332 e. The number of nitrogens with one attached hydrogen (secondary N) is 1. The van der Waals surface area contributed by atoms with Crippen molar-refractivity contribution in [2.45, 2.75) is 69.9 Å². The molecule has 6 rings (SSSR count). The molecule has 1 saturated carbocycles. The molecule has 2 aliphatic rings. The second-order valence-corrected chi connectivity index (χ2v) is 11.7. The Balaban J connectivity index is 1.55. The third-order valence-corrected chi connectivity index (χ3v) is 9.39. The number of amides is 1. The zero-order valence-electron chi connectivity index (χ0n) is 23.2. The molecule has 0 radical (unpaired) electrons. The van der Waals surface area contributed by atoms with Crippen LogP contribution >= 0.6 is 11.3 Å².